The molecule has 0 atom stereocenters. The van der Waals surface area contributed by atoms with Gasteiger partial charge in [0, 0.05) is 11.7 Å². The van der Waals surface area contributed by atoms with Crippen LogP contribution in [0.1, 0.15) is 20.8 Å². The lowest BCUT2D eigenvalue weighted by atomic mass is 10.1. The van der Waals surface area contributed by atoms with Crippen molar-refractivity contribution in [3.63, 3.8) is 0 Å². The third kappa shape index (κ3) is 2.95. The van der Waals surface area contributed by atoms with Crippen LogP contribution in [0.2, 0.25) is 0 Å². The molecule has 0 saturated carbocycles. The lowest BCUT2D eigenvalue weighted by molar-refractivity contribution is -0.133. The van der Waals surface area contributed by atoms with Crippen LogP contribution in [0, 0.1) is 0 Å². The van der Waals surface area contributed by atoms with Crippen molar-refractivity contribution in [1.82, 2.24) is 25.0 Å². The molecule has 0 aromatic carbocycles. The van der Waals surface area contributed by atoms with Crippen LogP contribution in [0.25, 0.3) is 11.5 Å². The summed E-state index contributed by atoms with van der Waals surface area (Å²) < 4.78 is 1.91. The molecule has 0 radical (unpaired) electrons. The molecule has 0 spiro atoms. The molecule has 19 heavy (non-hydrogen) atoms. The van der Waals surface area contributed by atoms with E-state index in [0.29, 0.717) is 11.0 Å². The Morgan fingerprint density at radius 3 is 2.74 bits per heavy atom. The van der Waals surface area contributed by atoms with Gasteiger partial charge in [0.2, 0.25) is 0 Å². The van der Waals surface area contributed by atoms with Crippen molar-refractivity contribution in [3.05, 3.63) is 12.3 Å². The smallest absolute Gasteiger partial charge is 0.313 e. The van der Waals surface area contributed by atoms with E-state index in [9.17, 15) is 4.79 Å². The lowest BCUT2D eigenvalue weighted by Gasteiger charge is -2.24. The minimum atomic E-state index is -0.878. The molecule has 0 aliphatic rings. The van der Waals surface area contributed by atoms with Gasteiger partial charge in [-0.2, -0.15) is 5.10 Å². The molecular weight excluding hydrogens is 266 g/mol. The number of aromatic nitrogens is 5. The Balaban J connectivity index is 2.43. The Morgan fingerprint density at radius 1 is 1.47 bits per heavy atom. The second kappa shape index (κ2) is 5.04. The molecule has 7 nitrogen and oxygen atoms in total. The predicted molar refractivity (Wildman–Crippen MR) is 71.0 cm³/mol. The zero-order valence-corrected chi connectivity index (χ0v) is 11.7. The monoisotopic (exact) mass is 281 g/mol. The van der Waals surface area contributed by atoms with E-state index in [2.05, 4.69) is 20.4 Å². The van der Waals surface area contributed by atoms with E-state index in [1.807, 2.05) is 25.3 Å². The first kappa shape index (κ1) is 13.6. The number of hydrogen-bond donors (Lipinski definition) is 2. The van der Waals surface area contributed by atoms with Gasteiger partial charge in [-0.25, -0.2) is 0 Å². The van der Waals surface area contributed by atoms with E-state index in [4.69, 9.17) is 5.11 Å². The van der Waals surface area contributed by atoms with Crippen molar-refractivity contribution in [2.45, 2.75) is 31.5 Å². The Labute approximate surface area is 114 Å². The van der Waals surface area contributed by atoms with Gasteiger partial charge in [0.1, 0.15) is 5.69 Å². The number of aliphatic carboxylic acids is 1. The van der Waals surface area contributed by atoms with Crippen molar-refractivity contribution in [2.24, 2.45) is 0 Å². The van der Waals surface area contributed by atoms with Gasteiger partial charge in [-0.3, -0.25) is 14.5 Å². The van der Waals surface area contributed by atoms with Crippen molar-refractivity contribution in [3.8, 4) is 11.5 Å². The summed E-state index contributed by atoms with van der Waals surface area (Å²) in [6.07, 6.45) is 1.64. The maximum absolute atomic E-state index is 10.7. The number of rotatable bonds is 4. The highest BCUT2D eigenvalue weighted by atomic mass is 32.2. The van der Waals surface area contributed by atoms with E-state index in [0.717, 1.165) is 17.5 Å². The molecule has 0 aliphatic heterocycles. The molecule has 0 bridgehead atoms. The fourth-order valence-corrected chi connectivity index (χ4v) is 2.49. The molecular formula is C11H15N5O2S. The minimum Gasteiger partial charge on any atom is -0.481 e. The molecule has 8 heteroatoms. The summed E-state index contributed by atoms with van der Waals surface area (Å²) in [6.45, 7) is 6.04. The third-order valence-corrected chi connectivity index (χ3v) is 3.28. The van der Waals surface area contributed by atoms with Gasteiger partial charge in [-0.15, -0.1) is 10.2 Å². The number of H-pyrrole nitrogens is 1. The average molecular weight is 281 g/mol. The van der Waals surface area contributed by atoms with E-state index in [1.165, 1.54) is 0 Å². The first-order chi connectivity index (χ1) is 8.89. The van der Waals surface area contributed by atoms with Crippen molar-refractivity contribution < 1.29 is 9.90 Å². The van der Waals surface area contributed by atoms with Crippen molar-refractivity contribution in [2.75, 3.05) is 5.75 Å². The minimum absolute atomic E-state index is 0.0445. The van der Waals surface area contributed by atoms with Crippen molar-refractivity contribution >= 4 is 17.7 Å². The highest BCUT2D eigenvalue weighted by molar-refractivity contribution is 7.99. The first-order valence-electron chi connectivity index (χ1n) is 5.70. The normalized spacial score (nSPS) is 11.7. The fourth-order valence-electron chi connectivity index (χ4n) is 1.65. The number of hydrogen-bond acceptors (Lipinski definition) is 5. The summed E-state index contributed by atoms with van der Waals surface area (Å²) in [6, 6.07) is 1.80. The molecule has 0 unspecified atom stereocenters. The molecule has 0 aliphatic carbocycles. The molecule has 0 saturated heterocycles. The zero-order chi connectivity index (χ0) is 14.0. The fraction of sp³-hybridized carbons (Fsp3) is 0.455. The summed E-state index contributed by atoms with van der Waals surface area (Å²) in [4.78, 5) is 10.7. The average Bonchev–Trinajstić information content (AvgIpc) is 2.93. The van der Waals surface area contributed by atoms with Crippen LogP contribution in [0.5, 0.6) is 0 Å². The van der Waals surface area contributed by atoms with Crippen LogP contribution in [0.4, 0.5) is 0 Å². The van der Waals surface area contributed by atoms with Gasteiger partial charge < -0.3 is 5.11 Å². The number of carbonyl (C=O) groups is 1. The molecule has 2 aromatic rings. The molecule has 2 aromatic heterocycles. The standard InChI is InChI=1S/C11H15N5O2S/c1-11(2,3)16-9(7-4-5-12-13-7)14-15-10(16)19-6-8(17)18/h4-5H,6H2,1-3H3,(H,12,13)(H,17,18). The summed E-state index contributed by atoms with van der Waals surface area (Å²) in [5, 5.41) is 24.3. The van der Waals surface area contributed by atoms with Gasteiger partial charge in [0.15, 0.2) is 11.0 Å². The summed E-state index contributed by atoms with van der Waals surface area (Å²) in [5.41, 5.74) is 0.495. The van der Waals surface area contributed by atoms with Gasteiger partial charge in [-0.1, -0.05) is 11.8 Å². The molecule has 2 heterocycles. The zero-order valence-electron chi connectivity index (χ0n) is 10.9. The highest BCUT2D eigenvalue weighted by Gasteiger charge is 2.25. The van der Waals surface area contributed by atoms with E-state index in [1.54, 1.807) is 12.3 Å². The largest absolute Gasteiger partial charge is 0.481 e. The summed E-state index contributed by atoms with van der Waals surface area (Å²) >= 11 is 1.16. The van der Waals surface area contributed by atoms with Gasteiger partial charge in [0.05, 0.1) is 5.75 Å². The SMILES string of the molecule is CC(C)(C)n1c(SCC(=O)O)nnc1-c1ccn[nH]1. The highest BCUT2D eigenvalue weighted by Crippen LogP contribution is 2.29. The van der Waals surface area contributed by atoms with Crippen LogP contribution in [0.3, 0.4) is 0 Å². The molecule has 2 N–H and O–H groups in total. The number of carboxylic acids is 1. The van der Waals surface area contributed by atoms with E-state index >= 15 is 0 Å². The second-order valence-corrected chi connectivity index (χ2v) is 5.91. The number of nitrogens with one attached hydrogen (secondary N) is 1. The second-order valence-electron chi connectivity index (χ2n) is 4.97. The number of carboxylic acid groups (broad SMARTS) is 1. The third-order valence-electron chi connectivity index (χ3n) is 2.37. The summed E-state index contributed by atoms with van der Waals surface area (Å²) in [7, 11) is 0. The molecule has 0 fully saturated rings. The van der Waals surface area contributed by atoms with Crippen LogP contribution in [0.15, 0.2) is 17.4 Å². The Morgan fingerprint density at radius 2 is 2.21 bits per heavy atom. The Bertz CT molecular complexity index is 570. The van der Waals surface area contributed by atoms with Gasteiger partial charge in [-0.05, 0) is 26.8 Å². The van der Waals surface area contributed by atoms with Gasteiger partial charge >= 0.3 is 5.97 Å². The van der Waals surface area contributed by atoms with Gasteiger partial charge in [0.25, 0.3) is 0 Å². The maximum Gasteiger partial charge on any atom is 0.313 e. The molecule has 0 amide bonds. The lowest BCUT2D eigenvalue weighted by Crippen LogP contribution is -2.24. The number of aromatic amines is 1. The van der Waals surface area contributed by atoms with E-state index < -0.39 is 5.97 Å². The Kier molecular flexibility index (Phi) is 3.61. The summed E-state index contributed by atoms with van der Waals surface area (Å²) in [5.74, 6) is -0.272. The molecule has 2 rings (SSSR count). The van der Waals surface area contributed by atoms with Crippen LogP contribution in [-0.2, 0) is 10.3 Å². The van der Waals surface area contributed by atoms with Crippen LogP contribution in [-0.4, -0.2) is 41.8 Å². The maximum atomic E-state index is 10.7. The van der Waals surface area contributed by atoms with Crippen molar-refractivity contribution in [1.29, 1.82) is 0 Å². The number of thioether (sulfide) groups is 1. The molecule has 102 valence electrons. The topological polar surface area (TPSA) is 96.7 Å². The first-order valence-corrected chi connectivity index (χ1v) is 6.68. The van der Waals surface area contributed by atoms with Crippen LogP contribution >= 0.6 is 11.8 Å². The Hall–Kier alpha value is -1.83. The predicted octanol–water partition coefficient (Wildman–Crippen LogP) is 1.60. The van der Waals surface area contributed by atoms with E-state index in [-0.39, 0.29) is 11.3 Å². The van der Waals surface area contributed by atoms with Crippen LogP contribution < -0.4 is 0 Å². The number of nitrogens with zero attached hydrogens (tertiary/aromatic N) is 4. The quantitative estimate of drug-likeness (QED) is 0.826.